The number of amides is 1. The Balaban J connectivity index is 1.70. The summed E-state index contributed by atoms with van der Waals surface area (Å²) in [6, 6.07) is 8.56. The lowest BCUT2D eigenvalue weighted by Gasteiger charge is -2.33. The molecular weight excluding hydrogens is 346 g/mol. The third kappa shape index (κ3) is 6.67. The van der Waals surface area contributed by atoms with E-state index in [1.807, 2.05) is 20.8 Å². The monoisotopic (exact) mass is 377 g/mol. The molecule has 0 saturated carbocycles. The van der Waals surface area contributed by atoms with Gasteiger partial charge in [0.2, 0.25) is 0 Å². The van der Waals surface area contributed by atoms with Crippen molar-refractivity contribution < 1.29 is 14.3 Å². The van der Waals surface area contributed by atoms with Crippen LogP contribution in [0.1, 0.15) is 52.0 Å². The third-order valence-electron chi connectivity index (χ3n) is 4.65. The summed E-state index contributed by atoms with van der Waals surface area (Å²) in [5.74, 6) is 0.433. The first-order valence-electron chi connectivity index (χ1n) is 9.42. The number of thioether (sulfide) groups is 1. The summed E-state index contributed by atoms with van der Waals surface area (Å²) >= 11 is 1.74. The summed E-state index contributed by atoms with van der Waals surface area (Å²) in [5.41, 5.74) is 0.813. The maximum absolute atomic E-state index is 12.5. The minimum absolute atomic E-state index is 0.0903. The largest absolute Gasteiger partial charge is 0.444 e. The van der Waals surface area contributed by atoms with Gasteiger partial charge in [-0.1, -0.05) is 12.1 Å². The summed E-state index contributed by atoms with van der Waals surface area (Å²) in [6.45, 7) is 6.84. The molecular formula is C21H31NO3S. The van der Waals surface area contributed by atoms with Gasteiger partial charge in [-0.2, -0.15) is 0 Å². The molecule has 0 radical (unpaired) electrons. The lowest BCUT2D eigenvalue weighted by Crippen LogP contribution is -2.42. The van der Waals surface area contributed by atoms with E-state index in [-0.39, 0.29) is 12.0 Å². The second-order valence-corrected chi connectivity index (χ2v) is 8.79. The van der Waals surface area contributed by atoms with Gasteiger partial charge in [0.1, 0.15) is 11.4 Å². The summed E-state index contributed by atoms with van der Waals surface area (Å²) in [6.07, 6.45) is 5.77. The zero-order chi connectivity index (χ0) is 19.2. The van der Waals surface area contributed by atoms with Crippen molar-refractivity contribution in [2.75, 3.05) is 19.3 Å². The fourth-order valence-electron chi connectivity index (χ4n) is 3.17. The molecule has 0 aromatic heterocycles. The van der Waals surface area contributed by atoms with Crippen LogP contribution < -0.4 is 0 Å². The first-order chi connectivity index (χ1) is 12.3. The molecule has 0 aliphatic carbocycles. The average Bonchev–Trinajstić information content (AvgIpc) is 2.61. The molecule has 0 N–H and O–H groups in total. The Bertz CT molecular complexity index is 599. The Morgan fingerprint density at radius 1 is 1.15 bits per heavy atom. The van der Waals surface area contributed by atoms with Crippen molar-refractivity contribution in [1.29, 1.82) is 0 Å². The topological polar surface area (TPSA) is 46.6 Å². The van der Waals surface area contributed by atoms with Crippen LogP contribution in [-0.4, -0.2) is 41.7 Å². The quantitative estimate of drug-likeness (QED) is 0.658. The van der Waals surface area contributed by atoms with Crippen LogP contribution in [0.25, 0.3) is 0 Å². The summed E-state index contributed by atoms with van der Waals surface area (Å²) in [4.78, 5) is 27.5. The Labute approximate surface area is 161 Å². The number of likely N-dealkylation sites (tertiary alicyclic amines) is 1. The van der Waals surface area contributed by atoms with Crippen molar-refractivity contribution in [3.63, 3.8) is 0 Å². The lowest BCUT2D eigenvalue weighted by molar-refractivity contribution is -0.124. The molecule has 1 aromatic rings. The van der Waals surface area contributed by atoms with E-state index < -0.39 is 5.60 Å². The first kappa shape index (κ1) is 20.8. The fraction of sp³-hybridized carbons (Fsp3) is 0.619. The highest BCUT2D eigenvalue weighted by molar-refractivity contribution is 7.98. The second kappa shape index (κ2) is 9.45. The SMILES string of the molecule is CSc1ccc(CCCC(=O)C2CCN(C(=O)OC(C)(C)C)CC2)cc1. The van der Waals surface area contributed by atoms with E-state index in [4.69, 9.17) is 4.74 Å². The normalized spacial score (nSPS) is 15.8. The van der Waals surface area contributed by atoms with Gasteiger partial charge in [-0.05, 0) is 70.4 Å². The minimum atomic E-state index is -0.474. The van der Waals surface area contributed by atoms with Gasteiger partial charge in [-0.3, -0.25) is 4.79 Å². The van der Waals surface area contributed by atoms with Crippen molar-refractivity contribution in [3.05, 3.63) is 29.8 Å². The van der Waals surface area contributed by atoms with E-state index in [0.29, 0.717) is 25.3 Å². The molecule has 2 rings (SSSR count). The number of ether oxygens (including phenoxy) is 1. The third-order valence-corrected chi connectivity index (χ3v) is 5.39. The molecule has 26 heavy (non-hydrogen) atoms. The van der Waals surface area contributed by atoms with Crippen LogP contribution in [-0.2, 0) is 16.0 Å². The molecule has 1 aliphatic rings. The van der Waals surface area contributed by atoms with Gasteiger partial charge in [-0.25, -0.2) is 4.79 Å². The standard InChI is InChI=1S/C21H31NO3S/c1-21(2,3)25-20(24)22-14-12-17(13-15-22)19(23)7-5-6-16-8-10-18(26-4)11-9-16/h8-11,17H,5-7,12-15H2,1-4H3. The molecule has 1 aromatic carbocycles. The molecule has 4 nitrogen and oxygen atoms in total. The first-order valence-corrected chi connectivity index (χ1v) is 10.6. The van der Waals surface area contributed by atoms with Gasteiger partial charge in [0.25, 0.3) is 0 Å². The average molecular weight is 378 g/mol. The summed E-state index contributed by atoms with van der Waals surface area (Å²) < 4.78 is 5.40. The predicted octanol–water partition coefficient (Wildman–Crippen LogP) is 4.95. The molecule has 144 valence electrons. The second-order valence-electron chi connectivity index (χ2n) is 7.91. The van der Waals surface area contributed by atoms with E-state index >= 15 is 0 Å². The number of piperidine rings is 1. The number of ketones is 1. The van der Waals surface area contributed by atoms with E-state index in [9.17, 15) is 9.59 Å². The highest BCUT2D eigenvalue weighted by Gasteiger charge is 2.29. The zero-order valence-electron chi connectivity index (χ0n) is 16.4. The van der Waals surface area contributed by atoms with Gasteiger partial charge < -0.3 is 9.64 Å². The molecule has 1 aliphatic heterocycles. The highest BCUT2D eigenvalue weighted by Crippen LogP contribution is 2.22. The van der Waals surface area contributed by atoms with Crippen molar-refractivity contribution in [2.45, 2.75) is 63.4 Å². The van der Waals surface area contributed by atoms with Crippen molar-refractivity contribution in [1.82, 2.24) is 4.90 Å². The zero-order valence-corrected chi connectivity index (χ0v) is 17.2. The Morgan fingerprint density at radius 3 is 2.31 bits per heavy atom. The van der Waals surface area contributed by atoms with Crippen molar-refractivity contribution in [3.8, 4) is 0 Å². The molecule has 5 heteroatoms. The van der Waals surface area contributed by atoms with Crippen molar-refractivity contribution >= 4 is 23.6 Å². The molecule has 0 spiro atoms. The highest BCUT2D eigenvalue weighted by atomic mass is 32.2. The number of hydrogen-bond acceptors (Lipinski definition) is 4. The number of carbonyl (C=O) groups excluding carboxylic acids is 2. The molecule has 0 bridgehead atoms. The molecule has 0 unspecified atom stereocenters. The number of carbonyl (C=O) groups is 2. The summed E-state index contributed by atoms with van der Waals surface area (Å²) in [5, 5.41) is 0. The number of hydrogen-bond donors (Lipinski definition) is 0. The maximum Gasteiger partial charge on any atom is 0.410 e. The molecule has 1 fully saturated rings. The van der Waals surface area contributed by atoms with Gasteiger partial charge in [0, 0.05) is 30.3 Å². The smallest absolute Gasteiger partial charge is 0.410 e. The Hall–Kier alpha value is -1.49. The van der Waals surface area contributed by atoms with Gasteiger partial charge in [0.05, 0.1) is 0 Å². The van der Waals surface area contributed by atoms with E-state index in [2.05, 4.69) is 30.5 Å². The minimum Gasteiger partial charge on any atom is -0.444 e. The van der Waals surface area contributed by atoms with Crippen LogP contribution in [0, 0.1) is 5.92 Å². The van der Waals surface area contributed by atoms with Crippen LogP contribution >= 0.6 is 11.8 Å². The number of aryl methyl sites for hydroxylation is 1. The summed E-state index contributed by atoms with van der Waals surface area (Å²) in [7, 11) is 0. The molecule has 1 saturated heterocycles. The van der Waals surface area contributed by atoms with Crippen molar-refractivity contribution in [2.24, 2.45) is 5.92 Å². The number of nitrogens with zero attached hydrogens (tertiary/aromatic N) is 1. The van der Waals surface area contributed by atoms with E-state index in [0.717, 1.165) is 25.7 Å². The molecule has 0 atom stereocenters. The Kier molecular flexibility index (Phi) is 7.56. The Morgan fingerprint density at radius 2 is 1.77 bits per heavy atom. The van der Waals surface area contributed by atoms with E-state index in [1.54, 1.807) is 16.7 Å². The van der Waals surface area contributed by atoms with E-state index in [1.165, 1.54) is 10.5 Å². The molecule has 1 amide bonds. The van der Waals surface area contributed by atoms with Gasteiger partial charge in [-0.15, -0.1) is 11.8 Å². The van der Waals surface area contributed by atoms with Crippen LogP contribution in [0.15, 0.2) is 29.2 Å². The number of rotatable bonds is 6. The number of benzene rings is 1. The van der Waals surface area contributed by atoms with Crippen LogP contribution in [0.2, 0.25) is 0 Å². The predicted molar refractivity (Wildman–Crippen MR) is 107 cm³/mol. The maximum atomic E-state index is 12.5. The lowest BCUT2D eigenvalue weighted by atomic mass is 9.90. The van der Waals surface area contributed by atoms with Crippen LogP contribution in [0.5, 0.6) is 0 Å². The van der Waals surface area contributed by atoms with Crippen LogP contribution in [0.4, 0.5) is 4.79 Å². The number of Topliss-reactive ketones (excluding diaryl/α,β-unsaturated/α-hetero) is 1. The van der Waals surface area contributed by atoms with Gasteiger partial charge >= 0.3 is 6.09 Å². The fourth-order valence-corrected chi connectivity index (χ4v) is 3.58. The molecule has 1 heterocycles. The van der Waals surface area contributed by atoms with Gasteiger partial charge in [0.15, 0.2) is 0 Å². The van der Waals surface area contributed by atoms with Crippen LogP contribution in [0.3, 0.4) is 0 Å².